The van der Waals surface area contributed by atoms with Crippen LogP contribution in [0.5, 0.6) is 0 Å². The summed E-state index contributed by atoms with van der Waals surface area (Å²) in [5.41, 5.74) is 3.37. The van der Waals surface area contributed by atoms with Crippen LogP contribution in [0.15, 0.2) is 24.3 Å². The Morgan fingerprint density at radius 2 is 2.05 bits per heavy atom. The Morgan fingerprint density at radius 1 is 1.33 bits per heavy atom. The van der Waals surface area contributed by atoms with Crippen molar-refractivity contribution in [2.45, 2.75) is 32.2 Å². The zero-order chi connectivity index (χ0) is 14.8. The molecule has 1 fully saturated rings. The largest absolute Gasteiger partial charge is 0.358 e. The average molecular weight is 302 g/mol. The van der Waals surface area contributed by atoms with E-state index in [2.05, 4.69) is 24.0 Å². The number of H-pyrrole nitrogens is 1. The molecule has 0 atom stereocenters. The number of carbonyl (C=O) groups is 1. The molecule has 1 aromatic carbocycles. The van der Waals surface area contributed by atoms with Crippen LogP contribution in [0.3, 0.4) is 0 Å². The van der Waals surface area contributed by atoms with E-state index >= 15 is 0 Å². The monoisotopic (exact) mass is 302 g/mol. The summed E-state index contributed by atoms with van der Waals surface area (Å²) < 4.78 is 0. The molecule has 3 rings (SSSR count). The third-order valence-corrected chi connectivity index (χ3v) is 5.54. The molecule has 0 radical (unpaired) electrons. The summed E-state index contributed by atoms with van der Waals surface area (Å²) in [5, 5.41) is 1.18. The maximum atomic E-state index is 12.6. The lowest BCUT2D eigenvalue weighted by atomic mass is 10.1. The molecule has 0 saturated carbocycles. The summed E-state index contributed by atoms with van der Waals surface area (Å²) in [5.74, 6) is 2.59. The van der Waals surface area contributed by atoms with Gasteiger partial charge in [0.25, 0.3) is 0 Å². The van der Waals surface area contributed by atoms with Gasteiger partial charge >= 0.3 is 0 Å². The molecule has 1 saturated heterocycles. The maximum Gasteiger partial charge on any atom is 0.227 e. The molecule has 2 aromatic rings. The van der Waals surface area contributed by atoms with Crippen molar-refractivity contribution in [2.24, 2.45) is 0 Å². The lowest BCUT2D eigenvalue weighted by Crippen LogP contribution is -2.40. The van der Waals surface area contributed by atoms with E-state index in [-0.39, 0.29) is 5.91 Å². The van der Waals surface area contributed by atoms with Crippen LogP contribution in [-0.2, 0) is 11.2 Å². The Morgan fingerprint density at radius 3 is 2.81 bits per heavy atom. The van der Waals surface area contributed by atoms with Crippen molar-refractivity contribution in [3.8, 4) is 0 Å². The predicted octanol–water partition coefficient (Wildman–Crippen LogP) is 3.37. The fourth-order valence-electron chi connectivity index (χ4n) is 3.11. The Balaban J connectivity index is 1.78. The van der Waals surface area contributed by atoms with Crippen molar-refractivity contribution in [3.63, 3.8) is 0 Å². The highest BCUT2D eigenvalue weighted by Crippen LogP contribution is 2.25. The zero-order valence-electron chi connectivity index (χ0n) is 12.7. The molecule has 2 heterocycles. The van der Waals surface area contributed by atoms with Crippen LogP contribution in [0.25, 0.3) is 10.9 Å². The summed E-state index contributed by atoms with van der Waals surface area (Å²) >= 11 is 1.99. The van der Waals surface area contributed by atoms with Crippen LogP contribution in [0.4, 0.5) is 0 Å². The van der Waals surface area contributed by atoms with Gasteiger partial charge in [0, 0.05) is 29.7 Å². The van der Waals surface area contributed by atoms with Crippen molar-refractivity contribution >= 4 is 28.6 Å². The number of carbonyl (C=O) groups excluding carboxylic acids is 1. The zero-order valence-corrected chi connectivity index (χ0v) is 13.5. The molecule has 112 valence electrons. The number of likely N-dealkylation sites (N-methyl/N-ethyl adjacent to an activating group) is 1. The van der Waals surface area contributed by atoms with Gasteiger partial charge in [-0.25, -0.2) is 0 Å². The number of amides is 1. The van der Waals surface area contributed by atoms with Crippen LogP contribution >= 0.6 is 11.8 Å². The number of aromatic nitrogens is 1. The molecule has 1 aliphatic rings. The lowest BCUT2D eigenvalue weighted by Gasteiger charge is -2.31. The molecular weight excluding hydrogens is 280 g/mol. The summed E-state index contributed by atoms with van der Waals surface area (Å²) in [6.07, 6.45) is 2.75. The van der Waals surface area contributed by atoms with E-state index in [4.69, 9.17) is 0 Å². The number of aryl methyl sites for hydroxylation is 1. The molecule has 1 aliphatic heterocycles. The van der Waals surface area contributed by atoms with E-state index in [1.165, 1.54) is 16.9 Å². The standard InChI is InChI=1S/C17H22N2OS/c1-12-15(14-5-3-4-6-16(14)18-12)11-17(20)19(2)13-7-9-21-10-8-13/h3-6,13,18H,7-11H2,1-2H3. The molecule has 21 heavy (non-hydrogen) atoms. The number of nitrogens with zero attached hydrogens (tertiary/aromatic N) is 1. The van der Waals surface area contributed by atoms with E-state index in [9.17, 15) is 4.79 Å². The summed E-state index contributed by atoms with van der Waals surface area (Å²) in [7, 11) is 1.97. The SMILES string of the molecule is Cc1[nH]c2ccccc2c1CC(=O)N(C)C1CCSCC1. The van der Waals surface area contributed by atoms with Gasteiger partial charge in [-0.3, -0.25) is 4.79 Å². The number of rotatable bonds is 3. The van der Waals surface area contributed by atoms with Gasteiger partial charge in [0.1, 0.15) is 0 Å². The van der Waals surface area contributed by atoms with Gasteiger partial charge in [0.2, 0.25) is 5.91 Å². The van der Waals surface area contributed by atoms with E-state index in [1.54, 1.807) is 0 Å². The molecule has 0 spiro atoms. The summed E-state index contributed by atoms with van der Waals surface area (Å²) in [6, 6.07) is 8.64. The molecule has 0 aliphatic carbocycles. The van der Waals surface area contributed by atoms with E-state index in [0.717, 1.165) is 29.6 Å². The van der Waals surface area contributed by atoms with Crippen LogP contribution in [-0.4, -0.2) is 40.4 Å². The minimum Gasteiger partial charge on any atom is -0.358 e. The smallest absolute Gasteiger partial charge is 0.227 e. The van der Waals surface area contributed by atoms with Gasteiger partial charge in [-0.15, -0.1) is 0 Å². The number of para-hydroxylation sites is 1. The Labute approximate surface area is 130 Å². The van der Waals surface area contributed by atoms with Crippen molar-refractivity contribution in [1.82, 2.24) is 9.88 Å². The summed E-state index contributed by atoms with van der Waals surface area (Å²) in [4.78, 5) is 18.0. The van der Waals surface area contributed by atoms with Gasteiger partial charge < -0.3 is 9.88 Å². The highest BCUT2D eigenvalue weighted by molar-refractivity contribution is 7.99. The second-order valence-corrected chi connectivity index (χ2v) is 7.02. The Kier molecular flexibility index (Phi) is 4.24. The van der Waals surface area contributed by atoms with Crippen molar-refractivity contribution in [2.75, 3.05) is 18.6 Å². The third kappa shape index (κ3) is 2.95. The number of benzene rings is 1. The van der Waals surface area contributed by atoms with Crippen LogP contribution in [0.2, 0.25) is 0 Å². The maximum absolute atomic E-state index is 12.6. The first-order valence-electron chi connectivity index (χ1n) is 7.56. The quantitative estimate of drug-likeness (QED) is 0.943. The number of hydrogen-bond acceptors (Lipinski definition) is 2. The minimum absolute atomic E-state index is 0.236. The van der Waals surface area contributed by atoms with Crippen LogP contribution < -0.4 is 0 Å². The number of hydrogen-bond donors (Lipinski definition) is 1. The topological polar surface area (TPSA) is 36.1 Å². The second kappa shape index (κ2) is 6.14. The second-order valence-electron chi connectivity index (χ2n) is 5.80. The number of aromatic amines is 1. The van der Waals surface area contributed by atoms with Crippen molar-refractivity contribution < 1.29 is 4.79 Å². The first kappa shape index (κ1) is 14.5. The third-order valence-electron chi connectivity index (χ3n) is 4.49. The first-order valence-corrected chi connectivity index (χ1v) is 8.72. The molecule has 4 heteroatoms. The number of nitrogens with one attached hydrogen (secondary N) is 1. The Bertz CT molecular complexity index is 643. The fourth-order valence-corrected chi connectivity index (χ4v) is 4.20. The van der Waals surface area contributed by atoms with Gasteiger partial charge in [-0.1, -0.05) is 18.2 Å². The van der Waals surface area contributed by atoms with Crippen LogP contribution in [0.1, 0.15) is 24.1 Å². The van der Waals surface area contributed by atoms with E-state index < -0.39 is 0 Å². The van der Waals surface area contributed by atoms with Gasteiger partial charge in [0.05, 0.1) is 6.42 Å². The lowest BCUT2D eigenvalue weighted by molar-refractivity contribution is -0.131. The predicted molar refractivity (Wildman–Crippen MR) is 89.9 cm³/mol. The molecule has 0 bridgehead atoms. The molecule has 0 unspecified atom stereocenters. The molecule has 1 aromatic heterocycles. The average Bonchev–Trinajstić information content (AvgIpc) is 2.83. The van der Waals surface area contributed by atoms with Gasteiger partial charge in [0.15, 0.2) is 0 Å². The number of thioether (sulfide) groups is 1. The first-order chi connectivity index (χ1) is 10.2. The summed E-state index contributed by atoms with van der Waals surface area (Å²) in [6.45, 7) is 2.06. The highest BCUT2D eigenvalue weighted by Gasteiger charge is 2.23. The Hall–Kier alpha value is -1.42. The molecular formula is C17H22N2OS. The van der Waals surface area contributed by atoms with Gasteiger partial charge in [-0.05, 0) is 42.9 Å². The highest BCUT2D eigenvalue weighted by atomic mass is 32.2. The minimum atomic E-state index is 0.236. The van der Waals surface area contributed by atoms with Crippen LogP contribution in [0, 0.1) is 6.92 Å². The van der Waals surface area contributed by atoms with Gasteiger partial charge in [-0.2, -0.15) is 11.8 Å². The number of fused-ring (bicyclic) bond motifs is 1. The molecule has 1 N–H and O–H groups in total. The molecule has 1 amide bonds. The van der Waals surface area contributed by atoms with Crippen molar-refractivity contribution in [3.05, 3.63) is 35.5 Å². The normalized spacial score (nSPS) is 16.3. The fraction of sp³-hybridized carbons (Fsp3) is 0.471. The van der Waals surface area contributed by atoms with E-state index in [0.29, 0.717) is 12.5 Å². The van der Waals surface area contributed by atoms with Crippen molar-refractivity contribution in [1.29, 1.82) is 0 Å². The van der Waals surface area contributed by atoms with E-state index in [1.807, 2.05) is 35.8 Å². The molecule has 3 nitrogen and oxygen atoms in total.